The van der Waals surface area contributed by atoms with Crippen molar-refractivity contribution >= 4 is 0 Å². The van der Waals surface area contributed by atoms with Crippen molar-refractivity contribution in [2.45, 2.75) is 19.5 Å². The van der Waals surface area contributed by atoms with Crippen LogP contribution < -0.4 is 5.32 Å². The van der Waals surface area contributed by atoms with Crippen molar-refractivity contribution in [2.75, 3.05) is 6.54 Å². The number of nitrogens with zero attached hydrogens (tertiary/aromatic N) is 2. The molecule has 0 bridgehead atoms. The van der Waals surface area contributed by atoms with Gasteiger partial charge in [0.05, 0.1) is 6.54 Å². The van der Waals surface area contributed by atoms with E-state index in [-0.39, 0.29) is 11.9 Å². The quantitative estimate of drug-likeness (QED) is 0.859. The molecule has 0 aliphatic rings. The molecule has 90 valence electrons. The van der Waals surface area contributed by atoms with Gasteiger partial charge in [-0.15, -0.1) is 0 Å². The third kappa shape index (κ3) is 3.39. The average molecular weight is 233 g/mol. The second kappa shape index (κ2) is 5.59. The van der Waals surface area contributed by atoms with Crippen LogP contribution in [-0.2, 0) is 6.54 Å². The monoisotopic (exact) mass is 233 g/mol. The van der Waals surface area contributed by atoms with Gasteiger partial charge >= 0.3 is 0 Å². The van der Waals surface area contributed by atoms with Crippen LogP contribution in [0.2, 0.25) is 0 Å². The average Bonchev–Trinajstić information content (AvgIpc) is 2.83. The predicted octanol–water partition coefficient (Wildman–Crippen LogP) is 2.37. The van der Waals surface area contributed by atoms with Gasteiger partial charge in [0.2, 0.25) is 0 Å². The molecule has 0 saturated carbocycles. The molecule has 3 nitrogen and oxygen atoms in total. The summed E-state index contributed by atoms with van der Waals surface area (Å²) in [6.07, 6.45) is 3.70. The normalized spacial score (nSPS) is 12.6. The zero-order valence-corrected chi connectivity index (χ0v) is 9.81. The van der Waals surface area contributed by atoms with Crippen LogP contribution in [-0.4, -0.2) is 16.3 Å². The molecule has 0 fully saturated rings. The molecule has 0 spiro atoms. The first-order chi connectivity index (χ1) is 8.25. The summed E-state index contributed by atoms with van der Waals surface area (Å²) in [7, 11) is 0. The van der Waals surface area contributed by atoms with Crippen LogP contribution in [0.5, 0.6) is 0 Å². The Bertz CT molecular complexity index is 436. The van der Waals surface area contributed by atoms with Gasteiger partial charge in [-0.3, -0.25) is 4.68 Å². The molecule has 0 saturated heterocycles. The molecule has 1 aromatic carbocycles. The Morgan fingerprint density at radius 1 is 1.35 bits per heavy atom. The lowest BCUT2D eigenvalue weighted by atomic mass is 10.1. The topological polar surface area (TPSA) is 29.9 Å². The third-order valence-electron chi connectivity index (χ3n) is 2.72. The number of hydrogen-bond acceptors (Lipinski definition) is 2. The molecular formula is C13H16FN3. The molecule has 1 aromatic heterocycles. The van der Waals surface area contributed by atoms with Gasteiger partial charge in [0.15, 0.2) is 0 Å². The molecule has 2 aromatic rings. The molecule has 0 radical (unpaired) electrons. The van der Waals surface area contributed by atoms with Crippen molar-refractivity contribution in [3.05, 3.63) is 54.1 Å². The van der Waals surface area contributed by atoms with Gasteiger partial charge in [0, 0.05) is 25.0 Å². The van der Waals surface area contributed by atoms with E-state index in [1.807, 2.05) is 16.9 Å². The Morgan fingerprint density at radius 2 is 2.12 bits per heavy atom. The van der Waals surface area contributed by atoms with Crippen molar-refractivity contribution in [3.8, 4) is 0 Å². The molecule has 2 rings (SSSR count). The highest BCUT2D eigenvalue weighted by Gasteiger charge is 2.04. The van der Waals surface area contributed by atoms with E-state index in [4.69, 9.17) is 0 Å². The molecule has 0 aliphatic heterocycles. The Labute approximate surface area is 100 Å². The second-order valence-electron chi connectivity index (χ2n) is 4.00. The maximum Gasteiger partial charge on any atom is 0.123 e. The Kier molecular flexibility index (Phi) is 3.88. The minimum atomic E-state index is -0.197. The van der Waals surface area contributed by atoms with Gasteiger partial charge in [-0.1, -0.05) is 12.1 Å². The molecule has 1 atom stereocenters. The van der Waals surface area contributed by atoms with Gasteiger partial charge in [-0.05, 0) is 30.7 Å². The van der Waals surface area contributed by atoms with Crippen LogP contribution in [0.1, 0.15) is 18.5 Å². The van der Waals surface area contributed by atoms with E-state index in [0.717, 1.165) is 18.7 Å². The summed E-state index contributed by atoms with van der Waals surface area (Å²) in [5.74, 6) is -0.197. The number of halogens is 1. The van der Waals surface area contributed by atoms with Crippen molar-refractivity contribution in [3.63, 3.8) is 0 Å². The molecular weight excluding hydrogens is 217 g/mol. The zero-order chi connectivity index (χ0) is 12.1. The van der Waals surface area contributed by atoms with E-state index in [9.17, 15) is 4.39 Å². The molecule has 1 N–H and O–H groups in total. The smallest absolute Gasteiger partial charge is 0.123 e. The minimum absolute atomic E-state index is 0.197. The number of aromatic nitrogens is 2. The summed E-state index contributed by atoms with van der Waals surface area (Å²) in [5.41, 5.74) is 1.09. The molecule has 0 unspecified atom stereocenters. The number of rotatable bonds is 5. The van der Waals surface area contributed by atoms with Gasteiger partial charge in [-0.2, -0.15) is 5.10 Å². The third-order valence-corrected chi connectivity index (χ3v) is 2.72. The Balaban J connectivity index is 1.81. The maximum atomic E-state index is 12.8. The first-order valence-corrected chi connectivity index (χ1v) is 5.72. The van der Waals surface area contributed by atoms with E-state index < -0.39 is 0 Å². The van der Waals surface area contributed by atoms with Crippen molar-refractivity contribution in [2.24, 2.45) is 0 Å². The van der Waals surface area contributed by atoms with Gasteiger partial charge in [0.25, 0.3) is 0 Å². The fraction of sp³-hybridized carbons (Fsp3) is 0.308. The number of benzene rings is 1. The largest absolute Gasteiger partial charge is 0.308 e. The highest BCUT2D eigenvalue weighted by molar-refractivity contribution is 5.19. The summed E-state index contributed by atoms with van der Waals surface area (Å²) < 4.78 is 14.6. The van der Waals surface area contributed by atoms with E-state index in [2.05, 4.69) is 17.3 Å². The zero-order valence-electron chi connectivity index (χ0n) is 9.81. The first kappa shape index (κ1) is 11.8. The highest BCUT2D eigenvalue weighted by Crippen LogP contribution is 2.12. The number of hydrogen-bond donors (Lipinski definition) is 1. The van der Waals surface area contributed by atoms with Gasteiger partial charge in [-0.25, -0.2) is 4.39 Å². The van der Waals surface area contributed by atoms with Gasteiger partial charge < -0.3 is 5.32 Å². The lowest BCUT2D eigenvalue weighted by molar-refractivity contribution is 0.507. The number of nitrogens with one attached hydrogen (secondary N) is 1. The van der Waals surface area contributed by atoms with Crippen LogP contribution in [0.15, 0.2) is 42.7 Å². The first-order valence-electron chi connectivity index (χ1n) is 5.72. The van der Waals surface area contributed by atoms with Crippen LogP contribution in [0.3, 0.4) is 0 Å². The Hall–Kier alpha value is -1.68. The standard InChI is InChI=1S/C13H16FN3/c1-11(12-3-5-13(14)6-4-12)15-8-10-17-9-2-7-16-17/h2-7,9,11,15H,8,10H2,1H3/t11-/m1/s1. The summed E-state index contributed by atoms with van der Waals surface area (Å²) >= 11 is 0. The summed E-state index contributed by atoms with van der Waals surface area (Å²) in [5, 5.41) is 7.50. The fourth-order valence-electron chi connectivity index (χ4n) is 1.70. The van der Waals surface area contributed by atoms with Crippen LogP contribution in [0.4, 0.5) is 4.39 Å². The summed E-state index contributed by atoms with van der Waals surface area (Å²) in [4.78, 5) is 0. The van der Waals surface area contributed by atoms with E-state index >= 15 is 0 Å². The van der Waals surface area contributed by atoms with Gasteiger partial charge in [0.1, 0.15) is 5.82 Å². The van der Waals surface area contributed by atoms with E-state index in [1.54, 1.807) is 18.3 Å². The highest BCUT2D eigenvalue weighted by atomic mass is 19.1. The molecule has 17 heavy (non-hydrogen) atoms. The summed E-state index contributed by atoms with van der Waals surface area (Å²) in [6.45, 7) is 3.73. The maximum absolute atomic E-state index is 12.8. The molecule has 4 heteroatoms. The van der Waals surface area contributed by atoms with Crippen LogP contribution >= 0.6 is 0 Å². The lowest BCUT2D eigenvalue weighted by Gasteiger charge is -2.14. The lowest BCUT2D eigenvalue weighted by Crippen LogP contribution is -2.23. The van der Waals surface area contributed by atoms with Crippen LogP contribution in [0, 0.1) is 5.82 Å². The molecule has 0 aliphatic carbocycles. The van der Waals surface area contributed by atoms with Crippen molar-refractivity contribution < 1.29 is 4.39 Å². The van der Waals surface area contributed by atoms with Crippen molar-refractivity contribution in [1.29, 1.82) is 0 Å². The molecule has 1 heterocycles. The fourth-order valence-corrected chi connectivity index (χ4v) is 1.70. The minimum Gasteiger partial charge on any atom is -0.308 e. The second-order valence-corrected chi connectivity index (χ2v) is 4.00. The van der Waals surface area contributed by atoms with Crippen molar-refractivity contribution in [1.82, 2.24) is 15.1 Å². The summed E-state index contributed by atoms with van der Waals surface area (Å²) in [6, 6.07) is 8.71. The predicted molar refractivity (Wildman–Crippen MR) is 65.0 cm³/mol. The molecule has 0 amide bonds. The Morgan fingerprint density at radius 3 is 2.76 bits per heavy atom. The SMILES string of the molecule is C[C@@H](NCCn1cccn1)c1ccc(F)cc1. The van der Waals surface area contributed by atoms with E-state index in [0.29, 0.717) is 0 Å². The van der Waals surface area contributed by atoms with Crippen LogP contribution in [0.25, 0.3) is 0 Å². The van der Waals surface area contributed by atoms with E-state index in [1.165, 1.54) is 12.1 Å².